The highest BCUT2D eigenvalue weighted by atomic mass is 79.9. The van der Waals surface area contributed by atoms with E-state index in [1.807, 2.05) is 30.3 Å². The molecule has 0 bridgehead atoms. The molecule has 0 aliphatic rings. The van der Waals surface area contributed by atoms with Gasteiger partial charge in [0.2, 0.25) is 0 Å². The highest BCUT2D eigenvalue weighted by molar-refractivity contribution is 8.93. The molecule has 0 heterocycles. The minimum Gasteiger partial charge on any atom is -0.480 e. The Hall–Kier alpha value is -0.680. The van der Waals surface area contributed by atoms with Crippen LogP contribution in [0.1, 0.15) is 0 Å². The topological polar surface area (TPSA) is 49.3 Å². The van der Waals surface area contributed by atoms with Crippen molar-refractivity contribution in [3.63, 3.8) is 0 Å². The average molecular weight is 278 g/mol. The predicted octanol–water partition coefficient (Wildman–Crippen LogP) is 2.06. The number of hydrogen-bond donors (Lipinski definition) is 3. The van der Waals surface area contributed by atoms with Crippen LogP contribution in [-0.2, 0) is 4.79 Å². The Balaban J connectivity index is 0.00000169. The Labute approximate surface area is 98.7 Å². The molecule has 0 saturated heterocycles. The molecule has 0 fully saturated rings. The van der Waals surface area contributed by atoms with Crippen LogP contribution in [0.25, 0.3) is 0 Å². The molecule has 1 aromatic rings. The second-order valence-electron chi connectivity index (χ2n) is 2.58. The molecule has 1 atom stereocenters. The molecule has 1 rings (SSSR count). The maximum absolute atomic E-state index is 10.6. The molecule has 3 nitrogen and oxygen atoms in total. The zero-order valence-electron chi connectivity index (χ0n) is 7.38. The van der Waals surface area contributed by atoms with E-state index < -0.39 is 12.0 Å². The molecular formula is C9H12BrNO2S. The van der Waals surface area contributed by atoms with E-state index in [1.165, 1.54) is 0 Å². The summed E-state index contributed by atoms with van der Waals surface area (Å²) in [5.41, 5.74) is 0.795. The Morgan fingerprint density at radius 1 is 1.43 bits per heavy atom. The van der Waals surface area contributed by atoms with Gasteiger partial charge in [-0.1, -0.05) is 18.2 Å². The lowest BCUT2D eigenvalue weighted by Crippen LogP contribution is -2.30. The number of hydrogen-bond acceptors (Lipinski definition) is 3. The summed E-state index contributed by atoms with van der Waals surface area (Å²) in [5.74, 6) is -0.622. The smallest absolute Gasteiger partial charge is 0.326 e. The molecule has 0 aliphatic heterocycles. The molecule has 14 heavy (non-hydrogen) atoms. The van der Waals surface area contributed by atoms with Crippen molar-refractivity contribution in [2.75, 3.05) is 11.1 Å². The van der Waals surface area contributed by atoms with Gasteiger partial charge in [0, 0.05) is 11.4 Å². The third-order valence-corrected chi connectivity index (χ3v) is 1.96. The minimum atomic E-state index is -0.890. The van der Waals surface area contributed by atoms with Crippen molar-refractivity contribution in [3.8, 4) is 0 Å². The molecule has 2 N–H and O–H groups in total. The quantitative estimate of drug-likeness (QED) is 0.739. The van der Waals surface area contributed by atoms with E-state index in [4.69, 9.17) is 5.11 Å². The van der Waals surface area contributed by atoms with E-state index in [0.29, 0.717) is 0 Å². The first-order valence-electron chi connectivity index (χ1n) is 3.89. The van der Waals surface area contributed by atoms with Gasteiger partial charge in [-0.15, -0.1) is 17.0 Å². The molecule has 78 valence electrons. The van der Waals surface area contributed by atoms with Crippen molar-refractivity contribution in [2.45, 2.75) is 6.04 Å². The second kappa shape index (κ2) is 6.73. The van der Waals surface area contributed by atoms with Crippen molar-refractivity contribution < 1.29 is 9.90 Å². The molecule has 0 saturated carbocycles. The molecule has 1 unspecified atom stereocenters. The lowest BCUT2D eigenvalue weighted by Gasteiger charge is -2.12. The van der Waals surface area contributed by atoms with Gasteiger partial charge in [-0.3, -0.25) is 0 Å². The number of carboxylic acids is 1. The number of halogens is 1. The molecule has 0 aromatic heterocycles. The standard InChI is InChI=1S/C9H11NO2S.BrH/c11-9(12)8(6-13)10-7-4-2-1-3-5-7;/h1-5,8,10,13H,6H2,(H,11,12);1H. The third-order valence-electron chi connectivity index (χ3n) is 1.60. The SMILES string of the molecule is Br.O=C(O)C(CS)Nc1ccccc1. The number of aliphatic carboxylic acids is 1. The van der Waals surface area contributed by atoms with Crippen LogP contribution in [-0.4, -0.2) is 22.9 Å². The first kappa shape index (κ1) is 13.3. The van der Waals surface area contributed by atoms with Crippen LogP contribution in [0.3, 0.4) is 0 Å². The number of carbonyl (C=O) groups is 1. The van der Waals surface area contributed by atoms with Gasteiger partial charge in [-0.2, -0.15) is 12.6 Å². The van der Waals surface area contributed by atoms with Crippen LogP contribution >= 0.6 is 29.6 Å². The van der Waals surface area contributed by atoms with Crippen LogP contribution in [0.2, 0.25) is 0 Å². The van der Waals surface area contributed by atoms with E-state index in [0.717, 1.165) is 5.69 Å². The Morgan fingerprint density at radius 2 is 2.00 bits per heavy atom. The number of para-hydroxylation sites is 1. The highest BCUT2D eigenvalue weighted by Crippen LogP contribution is 2.07. The van der Waals surface area contributed by atoms with E-state index in [2.05, 4.69) is 17.9 Å². The highest BCUT2D eigenvalue weighted by Gasteiger charge is 2.13. The number of benzene rings is 1. The van der Waals surface area contributed by atoms with Gasteiger partial charge in [0.25, 0.3) is 0 Å². The zero-order chi connectivity index (χ0) is 9.68. The molecule has 5 heteroatoms. The lowest BCUT2D eigenvalue weighted by molar-refractivity contribution is -0.137. The number of anilines is 1. The van der Waals surface area contributed by atoms with E-state index in [1.54, 1.807) is 0 Å². The summed E-state index contributed by atoms with van der Waals surface area (Å²) >= 11 is 3.94. The van der Waals surface area contributed by atoms with Crippen molar-refractivity contribution in [3.05, 3.63) is 30.3 Å². The minimum absolute atomic E-state index is 0. The van der Waals surface area contributed by atoms with Gasteiger partial charge in [-0.05, 0) is 12.1 Å². The predicted molar refractivity (Wildman–Crippen MR) is 65.7 cm³/mol. The molecule has 0 radical (unpaired) electrons. The van der Waals surface area contributed by atoms with E-state index in [-0.39, 0.29) is 22.7 Å². The van der Waals surface area contributed by atoms with Crippen molar-refractivity contribution >= 4 is 41.3 Å². The lowest BCUT2D eigenvalue weighted by atomic mass is 10.2. The molecule has 0 amide bonds. The van der Waals surface area contributed by atoms with Crippen LogP contribution in [0.15, 0.2) is 30.3 Å². The van der Waals surface area contributed by atoms with Crippen molar-refractivity contribution in [2.24, 2.45) is 0 Å². The molecular weight excluding hydrogens is 266 g/mol. The number of rotatable bonds is 4. The Kier molecular flexibility index (Phi) is 6.40. The zero-order valence-corrected chi connectivity index (χ0v) is 9.99. The van der Waals surface area contributed by atoms with Crippen molar-refractivity contribution in [1.29, 1.82) is 0 Å². The summed E-state index contributed by atoms with van der Waals surface area (Å²) < 4.78 is 0. The molecule has 0 aliphatic carbocycles. The van der Waals surface area contributed by atoms with Gasteiger partial charge >= 0.3 is 5.97 Å². The van der Waals surface area contributed by atoms with Gasteiger partial charge in [0.05, 0.1) is 0 Å². The fourth-order valence-electron chi connectivity index (χ4n) is 0.921. The fraction of sp³-hybridized carbons (Fsp3) is 0.222. The summed E-state index contributed by atoms with van der Waals surface area (Å²) in [5, 5.41) is 11.6. The Bertz CT molecular complexity index is 281. The van der Waals surface area contributed by atoms with Gasteiger partial charge < -0.3 is 10.4 Å². The summed E-state index contributed by atoms with van der Waals surface area (Å²) in [6.45, 7) is 0. The maximum atomic E-state index is 10.6. The van der Waals surface area contributed by atoms with Gasteiger partial charge in [0.15, 0.2) is 0 Å². The number of nitrogens with one attached hydrogen (secondary N) is 1. The monoisotopic (exact) mass is 277 g/mol. The second-order valence-corrected chi connectivity index (χ2v) is 2.95. The van der Waals surface area contributed by atoms with Crippen LogP contribution in [0.4, 0.5) is 5.69 Å². The normalized spacial score (nSPS) is 11.2. The summed E-state index contributed by atoms with van der Waals surface area (Å²) in [6.07, 6.45) is 0. The van der Waals surface area contributed by atoms with Crippen LogP contribution in [0.5, 0.6) is 0 Å². The number of carboxylic acid groups (broad SMARTS) is 1. The van der Waals surface area contributed by atoms with Crippen LogP contribution < -0.4 is 5.32 Å². The molecule has 0 spiro atoms. The summed E-state index contributed by atoms with van der Waals surface area (Å²) in [6, 6.07) is 8.57. The van der Waals surface area contributed by atoms with Crippen molar-refractivity contribution in [1.82, 2.24) is 0 Å². The Morgan fingerprint density at radius 3 is 2.43 bits per heavy atom. The fourth-order valence-corrected chi connectivity index (χ4v) is 1.17. The first-order chi connectivity index (χ1) is 6.24. The van der Waals surface area contributed by atoms with E-state index in [9.17, 15) is 4.79 Å². The summed E-state index contributed by atoms with van der Waals surface area (Å²) in [4.78, 5) is 10.6. The maximum Gasteiger partial charge on any atom is 0.326 e. The average Bonchev–Trinajstić information content (AvgIpc) is 2.15. The van der Waals surface area contributed by atoms with Crippen LogP contribution in [0, 0.1) is 0 Å². The number of thiol groups is 1. The van der Waals surface area contributed by atoms with Gasteiger partial charge in [0.1, 0.15) is 6.04 Å². The van der Waals surface area contributed by atoms with E-state index >= 15 is 0 Å². The largest absolute Gasteiger partial charge is 0.480 e. The summed E-state index contributed by atoms with van der Waals surface area (Å²) in [7, 11) is 0. The van der Waals surface area contributed by atoms with Gasteiger partial charge in [-0.25, -0.2) is 4.79 Å². The third kappa shape index (κ3) is 4.02. The molecule has 1 aromatic carbocycles. The first-order valence-corrected chi connectivity index (χ1v) is 4.52.